The third-order valence-corrected chi connectivity index (χ3v) is 3.60. The average molecular weight is 382 g/mol. The van der Waals surface area contributed by atoms with E-state index >= 15 is 0 Å². The number of halogens is 2. The summed E-state index contributed by atoms with van der Waals surface area (Å²) in [5.41, 5.74) is -2.28. The van der Waals surface area contributed by atoms with Gasteiger partial charge in [0, 0.05) is 17.3 Å². The molecular formula is C18H17ClFNO5. The molecule has 0 aliphatic carbocycles. The van der Waals surface area contributed by atoms with Gasteiger partial charge in [0.15, 0.2) is 0 Å². The molecule has 0 atom stereocenters. The van der Waals surface area contributed by atoms with Crippen molar-refractivity contribution in [2.24, 2.45) is 0 Å². The zero-order valence-corrected chi connectivity index (χ0v) is 15.1. The first kappa shape index (κ1) is 19.7. The third-order valence-electron chi connectivity index (χ3n) is 3.29. The topological polar surface area (TPSA) is 85.6 Å². The molecule has 0 fully saturated rings. The zero-order valence-electron chi connectivity index (χ0n) is 14.4. The predicted octanol–water partition coefficient (Wildman–Crippen LogP) is 3.35. The van der Waals surface area contributed by atoms with E-state index in [1.807, 2.05) is 0 Å². The van der Waals surface area contributed by atoms with Gasteiger partial charge in [-0.05, 0) is 39.0 Å². The van der Waals surface area contributed by atoms with Gasteiger partial charge in [0.05, 0.1) is 5.02 Å². The van der Waals surface area contributed by atoms with Crippen LogP contribution in [0.15, 0.2) is 35.3 Å². The van der Waals surface area contributed by atoms with Crippen molar-refractivity contribution in [2.75, 3.05) is 0 Å². The lowest BCUT2D eigenvalue weighted by Gasteiger charge is -2.20. The van der Waals surface area contributed by atoms with E-state index in [2.05, 4.69) is 0 Å². The summed E-state index contributed by atoms with van der Waals surface area (Å²) in [5.74, 6) is -2.91. The largest absolute Gasteiger partial charge is 0.477 e. The fraction of sp³-hybridized carbons (Fsp3) is 0.278. The number of nitrogens with zero attached hydrogens (tertiary/aromatic N) is 1. The number of hydrogen-bond donors (Lipinski definition) is 1. The van der Waals surface area contributed by atoms with Crippen molar-refractivity contribution >= 4 is 23.5 Å². The van der Waals surface area contributed by atoms with Crippen molar-refractivity contribution < 1.29 is 23.8 Å². The smallest absolute Gasteiger partial charge is 0.341 e. The van der Waals surface area contributed by atoms with E-state index < -0.39 is 41.0 Å². The second-order valence-electron chi connectivity index (χ2n) is 6.56. The Kier molecular flexibility index (Phi) is 5.51. The minimum Gasteiger partial charge on any atom is -0.477 e. The molecule has 6 nitrogen and oxygen atoms in total. The molecule has 8 heteroatoms. The Morgan fingerprint density at radius 2 is 1.96 bits per heavy atom. The first-order valence-corrected chi connectivity index (χ1v) is 8.01. The molecule has 0 aliphatic heterocycles. The maximum Gasteiger partial charge on any atom is 0.341 e. The summed E-state index contributed by atoms with van der Waals surface area (Å²) in [6, 6.07) is 5.02. The van der Waals surface area contributed by atoms with Gasteiger partial charge in [-0.25, -0.2) is 9.18 Å². The van der Waals surface area contributed by atoms with E-state index in [-0.39, 0.29) is 16.1 Å². The quantitative estimate of drug-likeness (QED) is 0.821. The summed E-state index contributed by atoms with van der Waals surface area (Å²) in [6.07, 6.45) is 1.18. The van der Waals surface area contributed by atoms with Crippen LogP contribution in [0, 0.1) is 5.82 Å². The normalized spacial score (nSPS) is 11.3. The van der Waals surface area contributed by atoms with Crippen LogP contribution < -0.4 is 5.56 Å². The number of aromatic carboxylic acids is 1. The van der Waals surface area contributed by atoms with Crippen LogP contribution in [-0.2, 0) is 16.1 Å². The lowest BCUT2D eigenvalue weighted by Crippen LogP contribution is -2.32. The fourth-order valence-corrected chi connectivity index (χ4v) is 2.60. The Bertz CT molecular complexity index is 910. The number of carbonyl (C=O) groups excluding carboxylic acids is 1. The highest BCUT2D eigenvalue weighted by Crippen LogP contribution is 2.30. The van der Waals surface area contributed by atoms with Gasteiger partial charge in [-0.1, -0.05) is 17.7 Å². The van der Waals surface area contributed by atoms with E-state index in [1.165, 1.54) is 18.3 Å². The Balaban J connectivity index is 2.59. The molecule has 0 bridgehead atoms. The van der Waals surface area contributed by atoms with Gasteiger partial charge >= 0.3 is 11.9 Å². The van der Waals surface area contributed by atoms with Gasteiger partial charge in [-0.2, -0.15) is 0 Å². The standard InChI is InChI=1S/C18H17ClFNO5/c1-18(2,3)26-14(22)9-21-8-10(7-11(16(21)23)17(24)25)15-12(19)5-4-6-13(15)20/h4-8H,9H2,1-3H3,(H,24,25). The summed E-state index contributed by atoms with van der Waals surface area (Å²) in [4.78, 5) is 35.7. The molecule has 0 aliphatic rings. The molecule has 1 aromatic carbocycles. The molecule has 138 valence electrons. The van der Waals surface area contributed by atoms with Crippen LogP contribution in [-0.4, -0.2) is 27.2 Å². The van der Waals surface area contributed by atoms with Crippen molar-refractivity contribution in [2.45, 2.75) is 32.9 Å². The van der Waals surface area contributed by atoms with Crippen LogP contribution in [0.3, 0.4) is 0 Å². The van der Waals surface area contributed by atoms with Crippen molar-refractivity contribution in [1.82, 2.24) is 4.57 Å². The number of carboxylic acid groups (broad SMARTS) is 1. The first-order valence-electron chi connectivity index (χ1n) is 7.63. The summed E-state index contributed by atoms with van der Waals surface area (Å²) in [7, 11) is 0. The minimum atomic E-state index is -1.50. The maximum absolute atomic E-state index is 14.2. The number of hydrogen-bond acceptors (Lipinski definition) is 4. The molecule has 0 saturated heterocycles. The molecule has 26 heavy (non-hydrogen) atoms. The second-order valence-corrected chi connectivity index (χ2v) is 6.97. The molecule has 1 N–H and O–H groups in total. The number of pyridine rings is 1. The molecule has 1 aromatic heterocycles. The van der Waals surface area contributed by atoms with Crippen LogP contribution in [0.25, 0.3) is 11.1 Å². The van der Waals surface area contributed by atoms with Gasteiger partial charge < -0.3 is 14.4 Å². The van der Waals surface area contributed by atoms with Crippen LogP contribution in [0.1, 0.15) is 31.1 Å². The van der Waals surface area contributed by atoms with Crippen molar-refractivity contribution in [3.8, 4) is 11.1 Å². The summed E-state index contributed by atoms with van der Waals surface area (Å²) in [5, 5.41) is 9.31. The highest BCUT2D eigenvalue weighted by atomic mass is 35.5. The number of esters is 1. The van der Waals surface area contributed by atoms with Crippen LogP contribution in [0.5, 0.6) is 0 Å². The number of carbonyl (C=O) groups is 2. The average Bonchev–Trinajstić information content (AvgIpc) is 2.47. The number of ether oxygens (including phenoxy) is 1. The van der Waals surface area contributed by atoms with Crippen LogP contribution >= 0.6 is 11.6 Å². The second kappa shape index (κ2) is 7.29. The monoisotopic (exact) mass is 381 g/mol. The Hall–Kier alpha value is -2.67. The Morgan fingerprint density at radius 1 is 1.31 bits per heavy atom. The van der Waals surface area contributed by atoms with Gasteiger partial charge in [-0.3, -0.25) is 9.59 Å². The van der Waals surface area contributed by atoms with E-state index in [4.69, 9.17) is 16.3 Å². The van der Waals surface area contributed by atoms with Crippen LogP contribution in [0.2, 0.25) is 5.02 Å². The first-order chi connectivity index (χ1) is 12.0. The maximum atomic E-state index is 14.2. The molecule has 0 spiro atoms. The number of carboxylic acids is 1. The summed E-state index contributed by atoms with van der Waals surface area (Å²) >= 11 is 6.01. The minimum absolute atomic E-state index is 0.0452. The molecule has 0 unspecified atom stereocenters. The van der Waals surface area contributed by atoms with Gasteiger partial charge in [0.25, 0.3) is 5.56 Å². The number of rotatable bonds is 4. The molecule has 2 rings (SSSR count). The summed E-state index contributed by atoms with van der Waals surface area (Å²) in [6.45, 7) is 4.46. The number of aromatic nitrogens is 1. The zero-order chi connectivity index (χ0) is 19.6. The van der Waals surface area contributed by atoms with Crippen molar-refractivity contribution in [1.29, 1.82) is 0 Å². The molecule has 2 aromatic rings. The molecule has 0 saturated carbocycles. The van der Waals surface area contributed by atoms with Crippen molar-refractivity contribution in [3.63, 3.8) is 0 Å². The highest BCUT2D eigenvalue weighted by molar-refractivity contribution is 6.33. The molecule has 0 radical (unpaired) electrons. The third kappa shape index (κ3) is 4.49. The molecular weight excluding hydrogens is 365 g/mol. The van der Waals surface area contributed by atoms with Gasteiger partial charge in [0.2, 0.25) is 0 Å². The summed E-state index contributed by atoms with van der Waals surface area (Å²) < 4.78 is 20.2. The lowest BCUT2D eigenvalue weighted by atomic mass is 10.0. The Labute approximate surface area is 153 Å². The van der Waals surface area contributed by atoms with E-state index in [1.54, 1.807) is 20.8 Å². The van der Waals surface area contributed by atoms with E-state index in [9.17, 15) is 23.9 Å². The Morgan fingerprint density at radius 3 is 2.50 bits per heavy atom. The number of benzene rings is 1. The van der Waals surface area contributed by atoms with Gasteiger partial charge in [0.1, 0.15) is 23.5 Å². The molecule has 0 amide bonds. The van der Waals surface area contributed by atoms with E-state index in [0.717, 1.165) is 16.7 Å². The fourth-order valence-electron chi connectivity index (χ4n) is 2.33. The van der Waals surface area contributed by atoms with E-state index in [0.29, 0.717) is 0 Å². The highest BCUT2D eigenvalue weighted by Gasteiger charge is 2.21. The lowest BCUT2D eigenvalue weighted by molar-refractivity contribution is -0.155. The SMILES string of the molecule is CC(C)(C)OC(=O)Cn1cc(-c2c(F)cccc2Cl)cc(C(=O)O)c1=O. The predicted molar refractivity (Wildman–Crippen MR) is 93.9 cm³/mol. The van der Waals surface area contributed by atoms with Crippen LogP contribution in [0.4, 0.5) is 4.39 Å². The van der Waals surface area contributed by atoms with Crippen molar-refractivity contribution in [3.05, 3.63) is 57.2 Å². The molecule has 1 heterocycles. The van der Waals surface area contributed by atoms with Gasteiger partial charge in [-0.15, -0.1) is 0 Å².